The SMILES string of the molecule is CCc1nc(NC2CC2)nc(N2CCOCC2)n1. The normalized spacial score (nSPS) is 19.9. The van der Waals surface area contributed by atoms with Crippen molar-refractivity contribution in [3.8, 4) is 0 Å². The molecule has 0 amide bonds. The van der Waals surface area contributed by atoms with Crippen molar-refractivity contribution in [1.82, 2.24) is 15.0 Å². The topological polar surface area (TPSA) is 63.2 Å². The van der Waals surface area contributed by atoms with Crippen LogP contribution >= 0.6 is 0 Å². The van der Waals surface area contributed by atoms with E-state index in [4.69, 9.17) is 4.74 Å². The van der Waals surface area contributed by atoms with Gasteiger partial charge >= 0.3 is 0 Å². The number of aromatic nitrogens is 3. The summed E-state index contributed by atoms with van der Waals surface area (Å²) in [5.41, 5.74) is 0. The maximum Gasteiger partial charge on any atom is 0.230 e. The lowest BCUT2D eigenvalue weighted by Gasteiger charge is -2.27. The minimum atomic E-state index is 0.564. The number of morpholine rings is 1. The van der Waals surface area contributed by atoms with Gasteiger partial charge in [0.15, 0.2) is 0 Å². The molecule has 18 heavy (non-hydrogen) atoms. The van der Waals surface area contributed by atoms with E-state index in [1.165, 1.54) is 12.8 Å². The maximum absolute atomic E-state index is 5.35. The Kier molecular flexibility index (Phi) is 3.27. The van der Waals surface area contributed by atoms with Crippen LogP contribution in [0.2, 0.25) is 0 Å². The fraction of sp³-hybridized carbons (Fsp3) is 0.750. The number of nitrogens with zero attached hydrogens (tertiary/aromatic N) is 4. The van der Waals surface area contributed by atoms with Gasteiger partial charge in [-0.05, 0) is 12.8 Å². The van der Waals surface area contributed by atoms with Crippen LogP contribution in [-0.4, -0.2) is 47.3 Å². The summed E-state index contributed by atoms with van der Waals surface area (Å²) in [5, 5.41) is 3.35. The van der Waals surface area contributed by atoms with Gasteiger partial charge in [-0.25, -0.2) is 0 Å². The van der Waals surface area contributed by atoms with E-state index < -0.39 is 0 Å². The number of rotatable bonds is 4. The molecule has 0 bridgehead atoms. The van der Waals surface area contributed by atoms with E-state index in [0.29, 0.717) is 6.04 Å². The Morgan fingerprint density at radius 1 is 1.22 bits per heavy atom. The molecule has 0 aromatic carbocycles. The predicted molar refractivity (Wildman–Crippen MR) is 68.9 cm³/mol. The molecular formula is C12H19N5O. The minimum Gasteiger partial charge on any atom is -0.378 e. The van der Waals surface area contributed by atoms with E-state index in [1.807, 2.05) is 0 Å². The van der Waals surface area contributed by atoms with E-state index in [-0.39, 0.29) is 0 Å². The summed E-state index contributed by atoms with van der Waals surface area (Å²) in [6, 6.07) is 0.564. The van der Waals surface area contributed by atoms with E-state index in [1.54, 1.807) is 0 Å². The molecule has 1 aliphatic heterocycles. The van der Waals surface area contributed by atoms with Gasteiger partial charge in [-0.15, -0.1) is 0 Å². The van der Waals surface area contributed by atoms with Crippen molar-refractivity contribution in [2.75, 3.05) is 36.5 Å². The molecule has 3 rings (SSSR count). The van der Waals surface area contributed by atoms with E-state index in [9.17, 15) is 0 Å². The third kappa shape index (κ3) is 2.69. The second-order valence-electron chi connectivity index (χ2n) is 4.75. The van der Waals surface area contributed by atoms with Crippen molar-refractivity contribution in [2.45, 2.75) is 32.2 Å². The number of ether oxygens (including phenoxy) is 1. The monoisotopic (exact) mass is 249 g/mol. The van der Waals surface area contributed by atoms with Crippen LogP contribution in [-0.2, 0) is 11.2 Å². The third-order valence-electron chi connectivity index (χ3n) is 3.19. The lowest BCUT2D eigenvalue weighted by Crippen LogP contribution is -2.37. The van der Waals surface area contributed by atoms with Crippen LogP contribution in [0.5, 0.6) is 0 Å². The number of anilines is 2. The highest BCUT2D eigenvalue weighted by Gasteiger charge is 2.23. The first kappa shape index (κ1) is 11.6. The molecular weight excluding hydrogens is 230 g/mol. The van der Waals surface area contributed by atoms with Gasteiger partial charge in [0, 0.05) is 25.6 Å². The van der Waals surface area contributed by atoms with Gasteiger partial charge in [0.25, 0.3) is 0 Å². The Balaban J connectivity index is 1.81. The molecule has 0 spiro atoms. The van der Waals surface area contributed by atoms with E-state index >= 15 is 0 Å². The predicted octanol–water partition coefficient (Wildman–Crippen LogP) is 0.845. The first-order chi connectivity index (χ1) is 8.85. The summed E-state index contributed by atoms with van der Waals surface area (Å²) in [6.45, 7) is 5.28. The lowest BCUT2D eigenvalue weighted by atomic mass is 10.4. The molecule has 0 radical (unpaired) electrons. The molecule has 2 heterocycles. The zero-order chi connectivity index (χ0) is 12.4. The molecule has 1 N–H and O–H groups in total. The van der Waals surface area contributed by atoms with Crippen LogP contribution in [0.3, 0.4) is 0 Å². The summed E-state index contributed by atoms with van der Waals surface area (Å²) < 4.78 is 5.35. The molecule has 6 heteroatoms. The van der Waals surface area contributed by atoms with Crippen molar-refractivity contribution < 1.29 is 4.74 Å². The average Bonchev–Trinajstić information content (AvgIpc) is 3.23. The van der Waals surface area contributed by atoms with Gasteiger partial charge in [-0.3, -0.25) is 0 Å². The van der Waals surface area contributed by atoms with Gasteiger partial charge < -0.3 is 15.0 Å². The smallest absolute Gasteiger partial charge is 0.230 e. The Hall–Kier alpha value is -1.43. The Morgan fingerprint density at radius 2 is 2.00 bits per heavy atom. The summed E-state index contributed by atoms with van der Waals surface area (Å²) >= 11 is 0. The molecule has 1 saturated heterocycles. The van der Waals surface area contributed by atoms with E-state index in [2.05, 4.69) is 32.1 Å². The number of hydrogen-bond donors (Lipinski definition) is 1. The van der Waals surface area contributed by atoms with Gasteiger partial charge in [0.1, 0.15) is 5.82 Å². The summed E-state index contributed by atoms with van der Waals surface area (Å²) in [4.78, 5) is 15.6. The first-order valence-electron chi connectivity index (χ1n) is 6.69. The second kappa shape index (κ2) is 5.06. The fourth-order valence-electron chi connectivity index (χ4n) is 1.95. The molecule has 98 valence electrons. The second-order valence-corrected chi connectivity index (χ2v) is 4.75. The minimum absolute atomic E-state index is 0.564. The van der Waals surface area contributed by atoms with Crippen molar-refractivity contribution in [1.29, 1.82) is 0 Å². The average molecular weight is 249 g/mol. The van der Waals surface area contributed by atoms with Gasteiger partial charge in [0.05, 0.1) is 13.2 Å². The molecule has 2 fully saturated rings. The zero-order valence-corrected chi connectivity index (χ0v) is 10.7. The molecule has 1 aliphatic carbocycles. The van der Waals surface area contributed by atoms with E-state index in [0.717, 1.165) is 50.4 Å². The quantitative estimate of drug-likeness (QED) is 0.853. The first-order valence-corrected chi connectivity index (χ1v) is 6.69. The highest BCUT2D eigenvalue weighted by Crippen LogP contribution is 2.23. The molecule has 1 saturated carbocycles. The highest BCUT2D eigenvalue weighted by atomic mass is 16.5. The van der Waals surface area contributed by atoms with Crippen LogP contribution in [0.4, 0.5) is 11.9 Å². The van der Waals surface area contributed by atoms with Crippen LogP contribution in [0.15, 0.2) is 0 Å². The fourth-order valence-corrected chi connectivity index (χ4v) is 1.95. The van der Waals surface area contributed by atoms with Crippen LogP contribution in [0.25, 0.3) is 0 Å². The molecule has 1 aromatic rings. The number of hydrogen-bond acceptors (Lipinski definition) is 6. The van der Waals surface area contributed by atoms with Gasteiger partial charge in [-0.2, -0.15) is 15.0 Å². The molecule has 1 aromatic heterocycles. The summed E-state index contributed by atoms with van der Waals surface area (Å²) in [7, 11) is 0. The van der Waals surface area contributed by atoms with Gasteiger partial charge in [-0.1, -0.05) is 6.92 Å². The summed E-state index contributed by atoms with van der Waals surface area (Å²) in [6.07, 6.45) is 3.28. The molecule has 6 nitrogen and oxygen atoms in total. The molecule has 0 unspecified atom stereocenters. The number of nitrogens with one attached hydrogen (secondary N) is 1. The maximum atomic E-state index is 5.35. The largest absolute Gasteiger partial charge is 0.378 e. The van der Waals surface area contributed by atoms with Crippen LogP contribution in [0.1, 0.15) is 25.6 Å². The highest BCUT2D eigenvalue weighted by molar-refractivity contribution is 5.38. The Bertz CT molecular complexity index is 415. The van der Waals surface area contributed by atoms with Crippen molar-refractivity contribution >= 4 is 11.9 Å². The molecule has 0 atom stereocenters. The summed E-state index contributed by atoms with van der Waals surface area (Å²) in [5.74, 6) is 2.37. The van der Waals surface area contributed by atoms with Crippen molar-refractivity contribution in [3.05, 3.63) is 5.82 Å². The Morgan fingerprint density at radius 3 is 2.67 bits per heavy atom. The standard InChI is InChI=1S/C12H19N5O/c1-2-10-14-11(13-9-3-4-9)16-12(15-10)17-5-7-18-8-6-17/h9H,2-8H2,1H3,(H,13,14,15,16). The molecule has 2 aliphatic rings. The van der Waals surface area contributed by atoms with Crippen LogP contribution < -0.4 is 10.2 Å². The van der Waals surface area contributed by atoms with Gasteiger partial charge in [0.2, 0.25) is 11.9 Å². The lowest BCUT2D eigenvalue weighted by molar-refractivity contribution is 0.122. The van der Waals surface area contributed by atoms with Crippen LogP contribution in [0, 0.1) is 0 Å². The number of aryl methyl sites for hydroxylation is 1. The van der Waals surface area contributed by atoms with Crippen molar-refractivity contribution in [3.63, 3.8) is 0 Å². The Labute approximate surface area is 107 Å². The van der Waals surface area contributed by atoms with Crippen molar-refractivity contribution in [2.24, 2.45) is 0 Å². The zero-order valence-electron chi connectivity index (χ0n) is 10.7. The third-order valence-corrected chi connectivity index (χ3v) is 3.19.